The molecule has 1 aromatic heterocycles. The summed E-state index contributed by atoms with van der Waals surface area (Å²) in [4.78, 5) is 135. The third-order valence-electron chi connectivity index (χ3n) is 11.2. The average molecular weight is 1010 g/mol. The van der Waals surface area contributed by atoms with E-state index in [2.05, 4.69) is 42.2 Å². The number of aromatic amines is 1. The number of thioether (sulfide) groups is 1. The van der Waals surface area contributed by atoms with Crippen molar-refractivity contribution in [2.24, 2.45) is 29.2 Å². The standard InChI is InChI=1S/C46H72N10O13S/c1-22(2)19-32(42(64)54-33(20-26-21-49-28-12-10-9-11-27(26)28)43(65)56-38(25(7)57)45(67)55-37(24(5)6)46(68)69)53-40(62)30(14-16-35(59)60)51-39(61)29(13-15-34(47)58)50-41(63)31(17-18-70-8)52-44(66)36(48)23(3)4/h9-12,21-25,29-33,36-38,49,57H,13-20,48H2,1-8H3,(H2,47,58)(H,50,63)(H,51,61)(H,52,66)(H,53,62)(H,54,64)(H,55,67)(H,56,65)(H,59,60)(H,68,69)/t25-,29+,30+,31+,32+,33+,36+,37+,38+/m1/s1. The molecule has 15 N–H and O–H groups in total. The number of aliphatic hydroxyl groups excluding tert-OH is 1. The van der Waals surface area contributed by atoms with Crippen LogP contribution in [0.5, 0.6) is 0 Å². The second-order valence-corrected chi connectivity index (χ2v) is 19.3. The predicted octanol–water partition coefficient (Wildman–Crippen LogP) is -0.862. The molecule has 2 rings (SSSR count). The second-order valence-electron chi connectivity index (χ2n) is 18.3. The first-order valence-electron chi connectivity index (χ1n) is 23.1. The molecule has 8 amide bonds. The Bertz CT molecular complexity index is 2150. The summed E-state index contributed by atoms with van der Waals surface area (Å²) in [6.45, 7) is 11.2. The van der Waals surface area contributed by atoms with Crippen LogP contribution < -0.4 is 48.7 Å². The molecule has 2 aromatic rings. The van der Waals surface area contributed by atoms with Gasteiger partial charge in [0.05, 0.1) is 12.1 Å². The number of fused-ring (bicyclic) bond motifs is 1. The number of nitrogens with one attached hydrogen (secondary N) is 8. The molecule has 0 aliphatic carbocycles. The van der Waals surface area contributed by atoms with E-state index in [4.69, 9.17) is 11.5 Å². The van der Waals surface area contributed by atoms with E-state index in [1.165, 1.54) is 18.7 Å². The fraction of sp³-hybridized carbons (Fsp3) is 0.609. The highest BCUT2D eigenvalue weighted by Crippen LogP contribution is 2.20. The number of aliphatic hydroxyl groups is 1. The molecule has 0 aliphatic rings. The molecule has 23 nitrogen and oxygen atoms in total. The molecule has 1 aromatic carbocycles. The van der Waals surface area contributed by atoms with Crippen LogP contribution >= 0.6 is 11.8 Å². The zero-order valence-corrected chi connectivity index (χ0v) is 41.8. The number of H-pyrrole nitrogens is 1. The van der Waals surface area contributed by atoms with Crippen LogP contribution in [0.25, 0.3) is 10.9 Å². The Labute approximate surface area is 411 Å². The van der Waals surface area contributed by atoms with Gasteiger partial charge in [-0.05, 0) is 74.0 Å². The Morgan fingerprint density at radius 1 is 0.614 bits per heavy atom. The number of aromatic nitrogens is 1. The van der Waals surface area contributed by atoms with E-state index in [0.29, 0.717) is 22.2 Å². The number of aliphatic carboxylic acids is 2. The Hall–Kier alpha value is -6.27. The van der Waals surface area contributed by atoms with Crippen LogP contribution in [-0.2, 0) is 54.4 Å². The molecule has 0 saturated carbocycles. The number of hydrogen-bond donors (Lipinski definition) is 13. The van der Waals surface area contributed by atoms with Crippen molar-refractivity contribution in [3.8, 4) is 0 Å². The van der Waals surface area contributed by atoms with E-state index in [1.54, 1.807) is 78.3 Å². The molecular weight excluding hydrogens is 933 g/mol. The third kappa shape index (κ3) is 19.6. The number of para-hydroxylation sites is 1. The molecule has 70 heavy (non-hydrogen) atoms. The zero-order chi connectivity index (χ0) is 53.0. The van der Waals surface area contributed by atoms with Gasteiger partial charge in [-0.1, -0.05) is 59.7 Å². The molecule has 0 saturated heterocycles. The van der Waals surface area contributed by atoms with Gasteiger partial charge in [-0.25, -0.2) is 4.79 Å². The highest BCUT2D eigenvalue weighted by atomic mass is 32.2. The number of nitrogens with two attached hydrogens (primary N) is 2. The number of rotatable bonds is 31. The van der Waals surface area contributed by atoms with Crippen molar-refractivity contribution in [1.29, 1.82) is 0 Å². The lowest BCUT2D eigenvalue weighted by molar-refractivity contribution is -0.144. The largest absolute Gasteiger partial charge is 0.481 e. The molecule has 0 aliphatic heterocycles. The molecule has 9 atom stereocenters. The van der Waals surface area contributed by atoms with Crippen LogP contribution in [0.4, 0.5) is 0 Å². The van der Waals surface area contributed by atoms with Crippen molar-refractivity contribution in [1.82, 2.24) is 42.2 Å². The van der Waals surface area contributed by atoms with Crippen molar-refractivity contribution < 1.29 is 63.3 Å². The molecule has 0 unspecified atom stereocenters. The number of amides is 8. The fourth-order valence-corrected chi connectivity index (χ4v) is 7.58. The first-order chi connectivity index (χ1) is 32.8. The monoisotopic (exact) mass is 1000 g/mol. The Kier molecular flexibility index (Phi) is 24.8. The smallest absolute Gasteiger partial charge is 0.326 e. The minimum atomic E-state index is -1.68. The van der Waals surface area contributed by atoms with E-state index in [0.717, 1.165) is 0 Å². The third-order valence-corrected chi connectivity index (χ3v) is 11.9. The lowest BCUT2D eigenvalue weighted by atomic mass is 9.99. The van der Waals surface area contributed by atoms with E-state index >= 15 is 0 Å². The molecule has 0 bridgehead atoms. The summed E-state index contributed by atoms with van der Waals surface area (Å²) in [7, 11) is 0. The van der Waals surface area contributed by atoms with Gasteiger partial charge in [0, 0.05) is 36.4 Å². The summed E-state index contributed by atoms with van der Waals surface area (Å²) in [5.74, 6) is -10.6. The maximum absolute atomic E-state index is 14.3. The maximum Gasteiger partial charge on any atom is 0.326 e. The van der Waals surface area contributed by atoms with Crippen LogP contribution in [0.15, 0.2) is 30.5 Å². The Balaban J connectivity index is 2.52. The summed E-state index contributed by atoms with van der Waals surface area (Å²) in [5, 5.41) is 48.1. The average Bonchev–Trinajstić information content (AvgIpc) is 3.69. The number of carboxylic acids is 2. The molecule has 1 heterocycles. The van der Waals surface area contributed by atoms with Crippen LogP contribution in [0.2, 0.25) is 0 Å². The number of benzene rings is 1. The van der Waals surface area contributed by atoms with Gasteiger partial charge in [-0.15, -0.1) is 0 Å². The molecular formula is C46H72N10O13S. The van der Waals surface area contributed by atoms with E-state index in [1.807, 2.05) is 0 Å². The maximum atomic E-state index is 14.3. The molecule has 390 valence electrons. The summed E-state index contributed by atoms with van der Waals surface area (Å²) >= 11 is 1.39. The number of carboxylic acid groups (broad SMARTS) is 2. The highest BCUT2D eigenvalue weighted by molar-refractivity contribution is 7.98. The minimum Gasteiger partial charge on any atom is -0.481 e. The number of carbonyl (C=O) groups is 10. The van der Waals surface area contributed by atoms with Gasteiger partial charge in [-0.3, -0.25) is 43.2 Å². The van der Waals surface area contributed by atoms with E-state index in [9.17, 15) is 63.3 Å². The van der Waals surface area contributed by atoms with Crippen molar-refractivity contribution in [2.75, 3.05) is 12.0 Å². The van der Waals surface area contributed by atoms with Crippen LogP contribution in [-0.4, -0.2) is 146 Å². The predicted molar refractivity (Wildman–Crippen MR) is 260 cm³/mol. The molecule has 24 heteroatoms. The van der Waals surface area contributed by atoms with Gasteiger partial charge in [-0.2, -0.15) is 11.8 Å². The SMILES string of the molecule is CSCC[C@H](NC(=O)[C@@H](N)C(C)C)C(=O)N[C@@H](CCC(N)=O)C(=O)N[C@@H](CCC(=O)O)C(=O)N[C@@H](CC(C)C)C(=O)N[C@@H](Cc1c[nH]c2ccccc12)C(=O)N[C@H](C(=O)N[C@H](C(=O)O)C(C)C)[C@@H](C)O. The van der Waals surface area contributed by atoms with Gasteiger partial charge in [0.1, 0.15) is 42.3 Å². The fourth-order valence-electron chi connectivity index (χ4n) is 7.10. The van der Waals surface area contributed by atoms with Gasteiger partial charge >= 0.3 is 11.9 Å². The summed E-state index contributed by atoms with van der Waals surface area (Å²) < 4.78 is 0. The summed E-state index contributed by atoms with van der Waals surface area (Å²) in [6.07, 6.45) is -0.179. The van der Waals surface area contributed by atoms with Crippen LogP contribution in [0.1, 0.15) is 92.6 Å². The first-order valence-corrected chi connectivity index (χ1v) is 24.5. The second kappa shape index (κ2) is 29.0. The van der Waals surface area contributed by atoms with Crippen molar-refractivity contribution >= 4 is 81.9 Å². The van der Waals surface area contributed by atoms with Crippen LogP contribution in [0.3, 0.4) is 0 Å². The normalized spacial score (nSPS) is 15.3. The first kappa shape index (κ1) is 59.9. The molecule has 0 radical (unpaired) electrons. The summed E-state index contributed by atoms with van der Waals surface area (Å²) in [5.41, 5.74) is 12.6. The number of hydrogen-bond acceptors (Lipinski definition) is 13. The van der Waals surface area contributed by atoms with Gasteiger partial charge in [0.25, 0.3) is 0 Å². The number of carbonyl (C=O) groups excluding carboxylic acids is 8. The Morgan fingerprint density at radius 3 is 1.60 bits per heavy atom. The summed E-state index contributed by atoms with van der Waals surface area (Å²) in [6, 6.07) is -4.19. The molecule has 0 spiro atoms. The van der Waals surface area contributed by atoms with E-state index < -0.39 is 139 Å². The minimum absolute atomic E-state index is 0.0516. The Morgan fingerprint density at radius 2 is 1.10 bits per heavy atom. The molecule has 0 fully saturated rings. The van der Waals surface area contributed by atoms with Gasteiger partial charge < -0.3 is 69.0 Å². The zero-order valence-electron chi connectivity index (χ0n) is 41.0. The van der Waals surface area contributed by atoms with Crippen molar-refractivity contribution in [3.05, 3.63) is 36.0 Å². The van der Waals surface area contributed by atoms with E-state index in [-0.39, 0.29) is 37.5 Å². The highest BCUT2D eigenvalue weighted by Gasteiger charge is 2.36. The quantitative estimate of drug-likeness (QED) is 0.0437. The van der Waals surface area contributed by atoms with Crippen molar-refractivity contribution in [3.63, 3.8) is 0 Å². The topological polar surface area (TPSA) is 383 Å². The van der Waals surface area contributed by atoms with Gasteiger partial charge in [0.2, 0.25) is 47.3 Å². The van der Waals surface area contributed by atoms with Crippen molar-refractivity contribution in [2.45, 2.75) is 148 Å². The van der Waals surface area contributed by atoms with Gasteiger partial charge in [0.15, 0.2) is 0 Å². The number of primary amides is 1. The lowest BCUT2D eigenvalue weighted by Gasteiger charge is -2.29. The lowest BCUT2D eigenvalue weighted by Crippen LogP contribution is -2.61. The van der Waals surface area contributed by atoms with Crippen LogP contribution in [0, 0.1) is 17.8 Å².